The van der Waals surface area contributed by atoms with Crippen LogP contribution in [0.4, 0.5) is 0 Å². The standard InChI is InChI=1S/C7H10N2S.2BrH/c1-2-8-5-6(1)7-9-3-4-10-7;;/h3-4,6,8H,1-2,5H2;2*1H. The van der Waals surface area contributed by atoms with Crippen molar-refractivity contribution < 1.29 is 0 Å². The summed E-state index contributed by atoms with van der Waals surface area (Å²) in [6.07, 6.45) is 3.14. The van der Waals surface area contributed by atoms with Crippen molar-refractivity contribution in [2.24, 2.45) is 0 Å². The van der Waals surface area contributed by atoms with E-state index in [1.807, 2.05) is 11.6 Å². The number of hydrogen-bond donors (Lipinski definition) is 1. The van der Waals surface area contributed by atoms with E-state index in [-0.39, 0.29) is 34.0 Å². The first-order valence-corrected chi connectivity index (χ1v) is 4.45. The lowest BCUT2D eigenvalue weighted by Gasteiger charge is -2.00. The SMILES string of the molecule is Br.Br.c1csc(C2CCNC2)n1. The zero-order valence-corrected chi connectivity index (χ0v) is 10.8. The molecule has 2 rings (SSSR count). The van der Waals surface area contributed by atoms with E-state index in [2.05, 4.69) is 10.3 Å². The van der Waals surface area contributed by atoms with Gasteiger partial charge in [0.05, 0.1) is 5.01 Å². The van der Waals surface area contributed by atoms with Gasteiger partial charge in [0.2, 0.25) is 0 Å². The molecule has 12 heavy (non-hydrogen) atoms. The average Bonchev–Trinajstić information content (AvgIpc) is 2.59. The van der Waals surface area contributed by atoms with E-state index >= 15 is 0 Å². The molecule has 2 nitrogen and oxygen atoms in total. The Balaban J connectivity index is 0.000000605. The molecule has 0 aromatic carbocycles. The third kappa shape index (κ3) is 2.80. The van der Waals surface area contributed by atoms with Gasteiger partial charge in [-0.15, -0.1) is 45.3 Å². The summed E-state index contributed by atoms with van der Waals surface area (Å²) >= 11 is 1.77. The molecule has 0 spiro atoms. The molecule has 1 N–H and O–H groups in total. The van der Waals surface area contributed by atoms with Crippen molar-refractivity contribution in [2.75, 3.05) is 13.1 Å². The third-order valence-corrected chi connectivity index (χ3v) is 2.80. The summed E-state index contributed by atoms with van der Waals surface area (Å²) in [5.74, 6) is 0.694. The maximum Gasteiger partial charge on any atom is 0.0969 e. The molecule has 1 aliphatic rings. The average molecular weight is 316 g/mol. The summed E-state index contributed by atoms with van der Waals surface area (Å²) in [4.78, 5) is 4.28. The molecule has 0 saturated carbocycles. The molecule has 5 heteroatoms. The molecule has 1 unspecified atom stereocenters. The predicted octanol–water partition coefficient (Wildman–Crippen LogP) is 2.38. The molecule has 0 radical (unpaired) electrons. The molecule has 0 aliphatic carbocycles. The van der Waals surface area contributed by atoms with Crippen LogP contribution in [0.5, 0.6) is 0 Å². The predicted molar refractivity (Wildman–Crippen MR) is 63.0 cm³/mol. The Morgan fingerprint density at radius 2 is 2.33 bits per heavy atom. The number of nitrogens with one attached hydrogen (secondary N) is 1. The fourth-order valence-electron chi connectivity index (χ4n) is 1.30. The van der Waals surface area contributed by atoms with Crippen LogP contribution >= 0.6 is 45.3 Å². The van der Waals surface area contributed by atoms with E-state index in [4.69, 9.17) is 0 Å². The number of hydrogen-bond acceptors (Lipinski definition) is 3. The highest BCUT2D eigenvalue weighted by Gasteiger charge is 2.17. The van der Waals surface area contributed by atoms with Crippen LogP contribution in [-0.4, -0.2) is 18.1 Å². The summed E-state index contributed by atoms with van der Waals surface area (Å²) in [7, 11) is 0. The highest BCUT2D eigenvalue weighted by atomic mass is 79.9. The van der Waals surface area contributed by atoms with Crippen LogP contribution in [0.25, 0.3) is 0 Å². The Hall–Kier alpha value is 0.550. The molecule has 2 heterocycles. The topological polar surface area (TPSA) is 24.9 Å². The molecule has 1 atom stereocenters. The largest absolute Gasteiger partial charge is 0.316 e. The highest BCUT2D eigenvalue weighted by Crippen LogP contribution is 2.23. The van der Waals surface area contributed by atoms with Crippen LogP contribution in [0.1, 0.15) is 17.3 Å². The molecule has 1 aliphatic heterocycles. The van der Waals surface area contributed by atoms with Crippen LogP contribution in [0.15, 0.2) is 11.6 Å². The molecule has 1 fully saturated rings. The van der Waals surface area contributed by atoms with Gasteiger partial charge in [0.25, 0.3) is 0 Å². The maximum absolute atomic E-state index is 4.28. The van der Waals surface area contributed by atoms with E-state index in [1.165, 1.54) is 11.4 Å². The lowest BCUT2D eigenvalue weighted by molar-refractivity contribution is 0.755. The molecule has 0 bridgehead atoms. The van der Waals surface area contributed by atoms with E-state index < -0.39 is 0 Å². The monoisotopic (exact) mass is 314 g/mol. The lowest BCUT2D eigenvalue weighted by Crippen LogP contribution is -2.07. The van der Waals surface area contributed by atoms with Gasteiger partial charge in [-0.25, -0.2) is 4.98 Å². The maximum atomic E-state index is 4.28. The molecule has 1 saturated heterocycles. The van der Waals surface area contributed by atoms with Gasteiger partial charge >= 0.3 is 0 Å². The molecular weight excluding hydrogens is 304 g/mol. The highest BCUT2D eigenvalue weighted by molar-refractivity contribution is 8.93. The lowest BCUT2D eigenvalue weighted by atomic mass is 10.1. The van der Waals surface area contributed by atoms with Gasteiger partial charge in [-0.1, -0.05) is 0 Å². The fourth-order valence-corrected chi connectivity index (χ4v) is 2.08. The van der Waals surface area contributed by atoms with Gasteiger partial charge in [0, 0.05) is 24.0 Å². The Kier molecular flexibility index (Phi) is 6.35. The van der Waals surface area contributed by atoms with E-state index in [0.717, 1.165) is 13.1 Å². The van der Waals surface area contributed by atoms with Crippen molar-refractivity contribution in [3.05, 3.63) is 16.6 Å². The Bertz CT molecular complexity index is 197. The molecule has 1 aromatic heterocycles. The number of nitrogens with zero attached hydrogens (tertiary/aromatic N) is 1. The fraction of sp³-hybridized carbons (Fsp3) is 0.571. The van der Waals surface area contributed by atoms with Crippen LogP contribution in [0.3, 0.4) is 0 Å². The Morgan fingerprint density at radius 3 is 2.83 bits per heavy atom. The van der Waals surface area contributed by atoms with E-state index in [9.17, 15) is 0 Å². The number of aromatic nitrogens is 1. The van der Waals surface area contributed by atoms with Crippen LogP contribution < -0.4 is 5.32 Å². The summed E-state index contributed by atoms with van der Waals surface area (Å²) in [5, 5.41) is 6.67. The first-order valence-electron chi connectivity index (χ1n) is 3.57. The summed E-state index contributed by atoms with van der Waals surface area (Å²) in [6.45, 7) is 2.28. The number of halogens is 2. The summed E-state index contributed by atoms with van der Waals surface area (Å²) in [5.41, 5.74) is 0. The Labute approximate surface area is 97.3 Å². The third-order valence-electron chi connectivity index (χ3n) is 1.86. The minimum absolute atomic E-state index is 0. The van der Waals surface area contributed by atoms with Gasteiger partial charge in [0.1, 0.15) is 0 Å². The first kappa shape index (κ1) is 12.6. The minimum atomic E-state index is 0. The minimum Gasteiger partial charge on any atom is -0.316 e. The second-order valence-corrected chi connectivity index (χ2v) is 3.49. The van der Waals surface area contributed by atoms with Gasteiger partial charge < -0.3 is 5.32 Å². The van der Waals surface area contributed by atoms with Crippen LogP contribution in [0.2, 0.25) is 0 Å². The van der Waals surface area contributed by atoms with E-state index in [1.54, 1.807) is 11.3 Å². The Morgan fingerprint density at radius 1 is 1.50 bits per heavy atom. The molecule has 0 amide bonds. The quantitative estimate of drug-likeness (QED) is 0.860. The van der Waals surface area contributed by atoms with E-state index in [0.29, 0.717) is 5.92 Å². The second kappa shape index (κ2) is 6.07. The molecular formula is C7H12Br2N2S. The van der Waals surface area contributed by atoms with Crippen molar-refractivity contribution in [2.45, 2.75) is 12.3 Å². The second-order valence-electron chi connectivity index (χ2n) is 2.56. The van der Waals surface area contributed by atoms with Gasteiger partial charge in [-0.05, 0) is 13.0 Å². The van der Waals surface area contributed by atoms with Crippen molar-refractivity contribution in [3.63, 3.8) is 0 Å². The normalized spacial score (nSPS) is 21.2. The van der Waals surface area contributed by atoms with Gasteiger partial charge in [-0.2, -0.15) is 0 Å². The van der Waals surface area contributed by atoms with Crippen LogP contribution in [-0.2, 0) is 0 Å². The summed E-state index contributed by atoms with van der Waals surface area (Å²) < 4.78 is 0. The van der Waals surface area contributed by atoms with Crippen molar-refractivity contribution in [3.8, 4) is 0 Å². The number of thiazole rings is 1. The first-order chi connectivity index (χ1) is 4.97. The summed E-state index contributed by atoms with van der Waals surface area (Å²) in [6, 6.07) is 0. The molecule has 1 aromatic rings. The van der Waals surface area contributed by atoms with Crippen molar-refractivity contribution in [1.29, 1.82) is 0 Å². The van der Waals surface area contributed by atoms with Gasteiger partial charge in [0.15, 0.2) is 0 Å². The van der Waals surface area contributed by atoms with Gasteiger partial charge in [-0.3, -0.25) is 0 Å². The zero-order chi connectivity index (χ0) is 6.81. The zero-order valence-electron chi connectivity index (χ0n) is 6.53. The number of rotatable bonds is 1. The van der Waals surface area contributed by atoms with Crippen molar-refractivity contribution >= 4 is 45.3 Å². The van der Waals surface area contributed by atoms with Crippen molar-refractivity contribution in [1.82, 2.24) is 10.3 Å². The van der Waals surface area contributed by atoms with Crippen LogP contribution in [0, 0.1) is 0 Å². The molecule has 70 valence electrons. The smallest absolute Gasteiger partial charge is 0.0969 e.